The number of ketones is 1. The molecule has 1 aliphatic rings. The molecule has 1 aliphatic heterocycles. The third-order valence-electron chi connectivity index (χ3n) is 3.69. The monoisotopic (exact) mass is 212 g/mol. The molecular formula is C12H24N2O. The van der Waals surface area contributed by atoms with Gasteiger partial charge in [0.25, 0.3) is 0 Å². The number of nitrogens with zero attached hydrogens (tertiary/aromatic N) is 2. The summed E-state index contributed by atoms with van der Waals surface area (Å²) in [6.45, 7) is 6.29. The molecule has 0 aliphatic carbocycles. The van der Waals surface area contributed by atoms with Crippen LogP contribution in [0.3, 0.4) is 0 Å². The van der Waals surface area contributed by atoms with Gasteiger partial charge in [-0.2, -0.15) is 0 Å². The van der Waals surface area contributed by atoms with Crippen LogP contribution in [0.1, 0.15) is 33.1 Å². The molecule has 1 heterocycles. The lowest BCUT2D eigenvalue weighted by Crippen LogP contribution is -2.47. The summed E-state index contributed by atoms with van der Waals surface area (Å²) >= 11 is 0. The number of carbonyl (C=O) groups excluding carboxylic acids is 1. The molecule has 0 aromatic heterocycles. The number of hydrogen-bond donors (Lipinski definition) is 0. The normalized spacial score (nSPS) is 21.9. The topological polar surface area (TPSA) is 23.6 Å². The van der Waals surface area contributed by atoms with Crippen LogP contribution in [0.2, 0.25) is 0 Å². The van der Waals surface area contributed by atoms with Gasteiger partial charge in [-0.25, -0.2) is 0 Å². The predicted octanol–water partition coefficient (Wildman–Crippen LogP) is 1.38. The molecule has 0 aromatic carbocycles. The second kappa shape index (κ2) is 5.61. The van der Waals surface area contributed by atoms with Crippen LogP contribution in [-0.4, -0.2) is 54.9 Å². The molecule has 0 saturated carbocycles. The summed E-state index contributed by atoms with van der Waals surface area (Å²) in [7, 11) is 4.26. The Morgan fingerprint density at radius 1 is 1.47 bits per heavy atom. The number of Topliss-reactive ketones (excluding diaryl/α,β-unsaturated/α-hetero) is 1. The van der Waals surface area contributed by atoms with Crippen LogP contribution in [0.4, 0.5) is 0 Å². The first-order chi connectivity index (χ1) is 7.06. The number of likely N-dealkylation sites (N-methyl/N-ethyl adjacent to an activating group) is 1. The van der Waals surface area contributed by atoms with E-state index in [4.69, 9.17) is 0 Å². The summed E-state index contributed by atoms with van der Waals surface area (Å²) in [4.78, 5) is 16.2. The molecule has 3 nitrogen and oxygen atoms in total. The van der Waals surface area contributed by atoms with Crippen LogP contribution in [-0.2, 0) is 4.79 Å². The smallest absolute Gasteiger partial charge is 0.149 e. The van der Waals surface area contributed by atoms with Gasteiger partial charge in [-0.3, -0.25) is 9.69 Å². The minimum atomic E-state index is 0.0865. The molecule has 0 amide bonds. The summed E-state index contributed by atoms with van der Waals surface area (Å²) in [5.74, 6) is 0.358. The van der Waals surface area contributed by atoms with Crippen LogP contribution in [0.5, 0.6) is 0 Å². The van der Waals surface area contributed by atoms with Gasteiger partial charge in [0.05, 0.1) is 6.04 Å². The molecule has 15 heavy (non-hydrogen) atoms. The summed E-state index contributed by atoms with van der Waals surface area (Å²) in [5, 5.41) is 0. The summed E-state index contributed by atoms with van der Waals surface area (Å²) in [6, 6.07) is 0.676. The minimum absolute atomic E-state index is 0.0865. The average Bonchev–Trinajstić information content (AvgIpc) is 2.27. The van der Waals surface area contributed by atoms with E-state index in [-0.39, 0.29) is 6.04 Å². The van der Waals surface area contributed by atoms with Gasteiger partial charge in [-0.15, -0.1) is 0 Å². The standard InChI is InChI=1S/C12H24N2O/c1-5-12(15)10(2)14(4)11-6-8-13(3)9-7-11/h10-11H,5-9H2,1-4H3. The van der Waals surface area contributed by atoms with Gasteiger partial charge in [0.15, 0.2) is 0 Å². The van der Waals surface area contributed by atoms with E-state index in [1.807, 2.05) is 13.8 Å². The van der Waals surface area contributed by atoms with Crippen molar-refractivity contribution in [2.75, 3.05) is 27.2 Å². The van der Waals surface area contributed by atoms with E-state index in [0.717, 1.165) is 13.1 Å². The van der Waals surface area contributed by atoms with Crippen molar-refractivity contribution in [3.05, 3.63) is 0 Å². The van der Waals surface area contributed by atoms with Crippen molar-refractivity contribution in [3.63, 3.8) is 0 Å². The van der Waals surface area contributed by atoms with Gasteiger partial charge in [-0.1, -0.05) is 6.92 Å². The number of carbonyl (C=O) groups is 1. The zero-order valence-corrected chi connectivity index (χ0v) is 10.5. The molecule has 0 aromatic rings. The third-order valence-corrected chi connectivity index (χ3v) is 3.69. The molecule has 1 fully saturated rings. The van der Waals surface area contributed by atoms with Crippen molar-refractivity contribution in [2.45, 2.75) is 45.2 Å². The molecule has 0 spiro atoms. The molecule has 0 radical (unpaired) electrons. The van der Waals surface area contributed by atoms with Crippen molar-refractivity contribution < 1.29 is 4.79 Å². The maximum atomic E-state index is 11.6. The van der Waals surface area contributed by atoms with Gasteiger partial charge in [0.1, 0.15) is 5.78 Å². The molecule has 1 atom stereocenters. The van der Waals surface area contributed by atoms with Gasteiger partial charge < -0.3 is 4.90 Å². The predicted molar refractivity (Wildman–Crippen MR) is 63.0 cm³/mol. The van der Waals surface area contributed by atoms with Crippen molar-refractivity contribution in [1.82, 2.24) is 9.80 Å². The zero-order valence-electron chi connectivity index (χ0n) is 10.5. The molecule has 1 unspecified atom stereocenters. The van der Waals surface area contributed by atoms with Crippen LogP contribution in [0, 0.1) is 0 Å². The van der Waals surface area contributed by atoms with Crippen molar-refractivity contribution in [3.8, 4) is 0 Å². The Morgan fingerprint density at radius 3 is 2.47 bits per heavy atom. The Morgan fingerprint density at radius 2 is 2.00 bits per heavy atom. The lowest BCUT2D eigenvalue weighted by atomic mass is 10.0. The van der Waals surface area contributed by atoms with Crippen LogP contribution in [0.15, 0.2) is 0 Å². The molecule has 1 saturated heterocycles. The van der Waals surface area contributed by atoms with E-state index < -0.39 is 0 Å². The fourth-order valence-electron chi connectivity index (χ4n) is 2.24. The largest absolute Gasteiger partial charge is 0.306 e. The fraction of sp³-hybridized carbons (Fsp3) is 0.917. The van der Waals surface area contributed by atoms with Gasteiger partial charge >= 0.3 is 0 Å². The molecule has 88 valence electrons. The van der Waals surface area contributed by atoms with E-state index in [0.29, 0.717) is 18.2 Å². The highest BCUT2D eigenvalue weighted by Gasteiger charge is 2.26. The van der Waals surface area contributed by atoms with E-state index in [2.05, 4.69) is 23.9 Å². The van der Waals surface area contributed by atoms with E-state index in [9.17, 15) is 4.79 Å². The molecule has 3 heteroatoms. The summed E-state index contributed by atoms with van der Waals surface area (Å²) in [6.07, 6.45) is 3.03. The van der Waals surface area contributed by atoms with Gasteiger partial charge in [0.2, 0.25) is 0 Å². The molecule has 0 bridgehead atoms. The number of rotatable bonds is 4. The molecule has 0 N–H and O–H groups in total. The van der Waals surface area contributed by atoms with Crippen LogP contribution >= 0.6 is 0 Å². The first-order valence-electron chi connectivity index (χ1n) is 5.99. The van der Waals surface area contributed by atoms with Crippen LogP contribution in [0.25, 0.3) is 0 Å². The number of piperidine rings is 1. The Labute approximate surface area is 93.4 Å². The summed E-state index contributed by atoms with van der Waals surface area (Å²) < 4.78 is 0. The van der Waals surface area contributed by atoms with E-state index >= 15 is 0 Å². The maximum Gasteiger partial charge on any atom is 0.149 e. The molecule has 1 rings (SSSR count). The summed E-state index contributed by atoms with van der Waals surface area (Å²) in [5.41, 5.74) is 0. The van der Waals surface area contributed by atoms with Gasteiger partial charge in [0, 0.05) is 12.5 Å². The van der Waals surface area contributed by atoms with Crippen molar-refractivity contribution >= 4 is 5.78 Å². The second-order valence-corrected chi connectivity index (χ2v) is 4.70. The number of likely N-dealkylation sites (tertiary alicyclic amines) is 1. The lowest BCUT2D eigenvalue weighted by molar-refractivity contribution is -0.124. The first-order valence-corrected chi connectivity index (χ1v) is 5.99. The highest BCUT2D eigenvalue weighted by Crippen LogP contribution is 2.16. The molecular weight excluding hydrogens is 188 g/mol. The number of hydrogen-bond acceptors (Lipinski definition) is 3. The van der Waals surface area contributed by atoms with E-state index in [1.54, 1.807) is 0 Å². The maximum absolute atomic E-state index is 11.6. The zero-order chi connectivity index (χ0) is 11.4. The highest BCUT2D eigenvalue weighted by atomic mass is 16.1. The minimum Gasteiger partial charge on any atom is -0.306 e. The highest BCUT2D eigenvalue weighted by molar-refractivity contribution is 5.83. The Kier molecular flexibility index (Phi) is 4.74. The van der Waals surface area contributed by atoms with Crippen molar-refractivity contribution in [1.29, 1.82) is 0 Å². The van der Waals surface area contributed by atoms with E-state index in [1.165, 1.54) is 12.8 Å². The Hall–Kier alpha value is -0.410. The first kappa shape index (κ1) is 12.7. The van der Waals surface area contributed by atoms with Gasteiger partial charge in [-0.05, 0) is 47.0 Å². The lowest BCUT2D eigenvalue weighted by Gasteiger charge is -2.37. The Bertz CT molecular complexity index is 210. The Balaban J connectivity index is 2.45. The average molecular weight is 212 g/mol. The third kappa shape index (κ3) is 3.28. The van der Waals surface area contributed by atoms with Crippen LogP contribution < -0.4 is 0 Å². The van der Waals surface area contributed by atoms with Crippen molar-refractivity contribution in [2.24, 2.45) is 0 Å². The second-order valence-electron chi connectivity index (χ2n) is 4.70. The fourth-order valence-corrected chi connectivity index (χ4v) is 2.24. The quantitative estimate of drug-likeness (QED) is 0.703. The SMILES string of the molecule is CCC(=O)C(C)N(C)C1CCN(C)CC1.